The Morgan fingerprint density at radius 3 is 2.83 bits per heavy atom. The fourth-order valence-electron chi connectivity index (χ4n) is 1.28. The van der Waals surface area contributed by atoms with Gasteiger partial charge in [-0.05, 0) is 11.8 Å². The Morgan fingerprint density at radius 2 is 2.50 bits per heavy atom. The lowest BCUT2D eigenvalue weighted by Crippen LogP contribution is -2.26. The normalized spacial score (nSPS) is 34.0. The molecule has 0 radical (unpaired) electrons. The Morgan fingerprint density at radius 1 is 1.83 bits per heavy atom. The maximum atomic E-state index is 10.6. The third kappa shape index (κ3) is 1.85. The summed E-state index contributed by atoms with van der Waals surface area (Å²) in [5, 5.41) is 10.7. The van der Waals surface area contributed by atoms with Crippen molar-refractivity contribution in [2.24, 2.45) is 5.41 Å². The Bertz CT molecular complexity index is 217. The minimum Gasteiger partial charge on any atom is -0.481 e. The molecule has 1 heterocycles. The van der Waals surface area contributed by atoms with E-state index >= 15 is 0 Å². The van der Waals surface area contributed by atoms with E-state index in [-0.39, 0.29) is 16.0 Å². The summed E-state index contributed by atoms with van der Waals surface area (Å²) in [6.07, 6.45) is 3.08. The highest BCUT2D eigenvalue weighted by Gasteiger charge is 2.38. The molecule has 1 aliphatic heterocycles. The van der Waals surface area contributed by atoms with Gasteiger partial charge in [0.25, 0.3) is 0 Å². The molecule has 0 saturated heterocycles. The summed E-state index contributed by atoms with van der Waals surface area (Å²) >= 11 is 5.13. The number of hydrogen-bond donors (Lipinski definition) is 1. The first kappa shape index (κ1) is 10.1. The summed E-state index contributed by atoms with van der Waals surface area (Å²) in [7, 11) is 0. The van der Waals surface area contributed by atoms with Crippen LogP contribution in [-0.2, 0) is 4.79 Å². The number of carboxylic acids is 1. The second-order valence-electron chi connectivity index (χ2n) is 2.91. The molecule has 2 nitrogen and oxygen atoms in total. The maximum absolute atomic E-state index is 10.6. The molecule has 4 heteroatoms. The van der Waals surface area contributed by atoms with Crippen molar-refractivity contribution in [3.8, 4) is 0 Å². The zero-order valence-electron chi connectivity index (χ0n) is 6.79. The molecule has 1 rings (SSSR count). The number of aliphatic carboxylic acids is 1. The maximum Gasteiger partial charge on any atom is 0.304 e. The summed E-state index contributed by atoms with van der Waals surface area (Å²) in [6, 6.07) is 0. The molecular weight excluding hydrogens is 240 g/mol. The fourth-order valence-corrected chi connectivity index (χ4v) is 3.38. The van der Waals surface area contributed by atoms with Crippen molar-refractivity contribution < 1.29 is 9.90 Å². The minimum atomic E-state index is -0.728. The molecule has 1 aliphatic rings. The van der Waals surface area contributed by atoms with Crippen LogP contribution >= 0.6 is 27.7 Å². The number of rotatable bonds is 3. The molecule has 0 fully saturated rings. The van der Waals surface area contributed by atoms with Crippen LogP contribution in [0, 0.1) is 5.41 Å². The topological polar surface area (TPSA) is 37.3 Å². The van der Waals surface area contributed by atoms with E-state index in [2.05, 4.69) is 15.9 Å². The molecule has 12 heavy (non-hydrogen) atoms. The van der Waals surface area contributed by atoms with Gasteiger partial charge in [-0.1, -0.05) is 28.9 Å². The lowest BCUT2D eigenvalue weighted by molar-refractivity contribution is -0.138. The lowest BCUT2D eigenvalue weighted by atomic mass is 9.84. The van der Waals surface area contributed by atoms with Crippen LogP contribution in [0.15, 0.2) is 11.5 Å². The zero-order chi connectivity index (χ0) is 9.19. The van der Waals surface area contributed by atoms with Crippen molar-refractivity contribution in [1.82, 2.24) is 0 Å². The molecule has 2 unspecified atom stereocenters. The predicted octanol–water partition coefficient (Wildman–Crippen LogP) is 2.84. The van der Waals surface area contributed by atoms with Gasteiger partial charge in [-0.15, -0.1) is 11.8 Å². The van der Waals surface area contributed by atoms with Gasteiger partial charge in [0.2, 0.25) is 0 Å². The molecule has 2 atom stereocenters. The molecule has 68 valence electrons. The zero-order valence-corrected chi connectivity index (χ0v) is 9.19. The van der Waals surface area contributed by atoms with Crippen LogP contribution in [0.2, 0.25) is 0 Å². The molecule has 0 aromatic heterocycles. The molecule has 0 amide bonds. The average Bonchev–Trinajstić information content (AvgIpc) is 2.32. The number of hydrogen-bond acceptors (Lipinski definition) is 2. The lowest BCUT2D eigenvalue weighted by Gasteiger charge is -2.27. The number of carbonyl (C=O) groups is 1. The number of alkyl halides is 1. The highest BCUT2D eigenvalue weighted by molar-refractivity contribution is 9.11. The van der Waals surface area contributed by atoms with Crippen LogP contribution in [0.4, 0.5) is 0 Å². The summed E-state index contributed by atoms with van der Waals surface area (Å²) in [5.74, 6) is -0.728. The van der Waals surface area contributed by atoms with Crippen molar-refractivity contribution in [3.05, 3.63) is 11.5 Å². The summed E-state index contributed by atoms with van der Waals surface area (Å²) in [6.45, 7) is 2.02. The highest BCUT2D eigenvalue weighted by Crippen LogP contribution is 2.48. The van der Waals surface area contributed by atoms with Crippen LogP contribution in [0.3, 0.4) is 0 Å². The Kier molecular flexibility index (Phi) is 3.23. The van der Waals surface area contributed by atoms with Crippen LogP contribution < -0.4 is 0 Å². The fraction of sp³-hybridized carbons (Fsp3) is 0.625. The highest BCUT2D eigenvalue weighted by atomic mass is 79.9. The largest absolute Gasteiger partial charge is 0.481 e. The Labute approximate surface area is 84.5 Å². The van der Waals surface area contributed by atoms with E-state index < -0.39 is 5.97 Å². The van der Waals surface area contributed by atoms with Gasteiger partial charge in [-0.2, -0.15) is 0 Å². The third-order valence-electron chi connectivity index (χ3n) is 2.19. The second kappa shape index (κ2) is 3.83. The predicted molar refractivity (Wildman–Crippen MR) is 54.4 cm³/mol. The van der Waals surface area contributed by atoms with E-state index in [9.17, 15) is 4.79 Å². The average molecular weight is 251 g/mol. The first-order chi connectivity index (χ1) is 5.60. The van der Waals surface area contributed by atoms with E-state index in [1.54, 1.807) is 11.8 Å². The van der Waals surface area contributed by atoms with E-state index in [1.165, 1.54) is 0 Å². The van der Waals surface area contributed by atoms with Gasteiger partial charge in [-0.25, -0.2) is 0 Å². The second-order valence-corrected chi connectivity index (χ2v) is 5.45. The summed E-state index contributed by atoms with van der Waals surface area (Å²) in [4.78, 5) is 10.6. The standard InChI is InChI=1S/C8H11BrO2S/c1-2-8(5-6(10)11)3-4-12-7(8)9/h3-4,7H,2,5H2,1H3,(H,10,11). The summed E-state index contributed by atoms with van der Waals surface area (Å²) < 4.78 is 0.214. The van der Waals surface area contributed by atoms with Gasteiger partial charge in [0.1, 0.15) is 0 Å². The molecule has 0 aliphatic carbocycles. The van der Waals surface area contributed by atoms with Crippen LogP contribution in [-0.4, -0.2) is 15.2 Å². The van der Waals surface area contributed by atoms with Gasteiger partial charge in [-0.3, -0.25) is 4.79 Å². The van der Waals surface area contributed by atoms with E-state index in [0.29, 0.717) is 0 Å². The molecule has 1 N–H and O–H groups in total. The van der Waals surface area contributed by atoms with Gasteiger partial charge in [0, 0.05) is 5.41 Å². The molecule has 0 spiro atoms. The van der Waals surface area contributed by atoms with Gasteiger partial charge in [0.15, 0.2) is 0 Å². The van der Waals surface area contributed by atoms with E-state index in [0.717, 1.165) is 6.42 Å². The Hall–Kier alpha value is 0.0400. The number of thioether (sulfide) groups is 1. The molecule has 0 aromatic carbocycles. The SMILES string of the molecule is CCC1(CC(=O)O)C=CSC1Br. The van der Waals surface area contributed by atoms with Crippen molar-refractivity contribution in [3.63, 3.8) is 0 Å². The first-order valence-electron chi connectivity index (χ1n) is 3.80. The molecule has 0 aromatic rings. The molecule has 0 saturated carbocycles. The first-order valence-corrected chi connectivity index (χ1v) is 5.65. The van der Waals surface area contributed by atoms with E-state index in [1.807, 2.05) is 18.4 Å². The van der Waals surface area contributed by atoms with Crippen molar-refractivity contribution >= 4 is 33.7 Å². The summed E-state index contributed by atoms with van der Waals surface area (Å²) in [5.41, 5.74) is -0.184. The van der Waals surface area contributed by atoms with Crippen molar-refractivity contribution in [2.75, 3.05) is 0 Å². The van der Waals surface area contributed by atoms with E-state index in [4.69, 9.17) is 5.11 Å². The van der Waals surface area contributed by atoms with Crippen LogP contribution in [0.25, 0.3) is 0 Å². The van der Waals surface area contributed by atoms with Crippen LogP contribution in [0.5, 0.6) is 0 Å². The quantitative estimate of drug-likeness (QED) is 0.783. The van der Waals surface area contributed by atoms with Gasteiger partial charge in [0.05, 0.1) is 10.6 Å². The number of carboxylic acid groups (broad SMARTS) is 1. The van der Waals surface area contributed by atoms with Crippen molar-refractivity contribution in [2.45, 2.75) is 23.9 Å². The third-order valence-corrected chi connectivity index (χ3v) is 4.75. The van der Waals surface area contributed by atoms with Crippen LogP contribution in [0.1, 0.15) is 19.8 Å². The number of allylic oxidation sites excluding steroid dienone is 1. The minimum absolute atomic E-state index is 0.184. The van der Waals surface area contributed by atoms with Gasteiger partial charge < -0.3 is 5.11 Å². The molecular formula is C8H11BrO2S. The molecule has 0 bridgehead atoms. The Balaban J connectivity index is 2.74. The smallest absolute Gasteiger partial charge is 0.304 e. The number of halogens is 1. The van der Waals surface area contributed by atoms with Gasteiger partial charge >= 0.3 is 5.97 Å². The van der Waals surface area contributed by atoms with Crippen molar-refractivity contribution in [1.29, 1.82) is 0 Å². The monoisotopic (exact) mass is 250 g/mol.